The molecule has 0 aliphatic carbocycles. The fraction of sp³-hybridized carbons (Fsp3) is 0.375. The molecule has 0 radical (unpaired) electrons. The number of para-hydroxylation sites is 1. The van der Waals surface area contributed by atoms with Crippen molar-refractivity contribution in [3.63, 3.8) is 0 Å². The Kier molecular flexibility index (Phi) is 6.51. The average Bonchev–Trinajstić information content (AvgIpc) is 2.88. The standard InChI is InChI=1S/C16H20ClNO2S/c1-12-4-2-3-5-15(12)20-11-13(19)10-18-9-8-14-6-7-16(17)21-14/h2-7,13,18-19H,8-11H2,1H3. The van der Waals surface area contributed by atoms with Crippen LogP contribution in [0.1, 0.15) is 10.4 Å². The van der Waals surface area contributed by atoms with Gasteiger partial charge in [-0.25, -0.2) is 0 Å². The van der Waals surface area contributed by atoms with E-state index in [1.54, 1.807) is 11.3 Å². The van der Waals surface area contributed by atoms with E-state index >= 15 is 0 Å². The maximum absolute atomic E-state index is 9.90. The molecular weight excluding hydrogens is 306 g/mol. The van der Waals surface area contributed by atoms with Crippen molar-refractivity contribution < 1.29 is 9.84 Å². The molecule has 1 unspecified atom stereocenters. The van der Waals surface area contributed by atoms with Gasteiger partial charge in [-0.3, -0.25) is 0 Å². The quantitative estimate of drug-likeness (QED) is 0.732. The summed E-state index contributed by atoms with van der Waals surface area (Å²) >= 11 is 7.47. The van der Waals surface area contributed by atoms with E-state index in [0.29, 0.717) is 13.2 Å². The molecular formula is C16H20ClNO2S. The number of aliphatic hydroxyl groups is 1. The van der Waals surface area contributed by atoms with E-state index in [0.717, 1.165) is 28.6 Å². The van der Waals surface area contributed by atoms with Crippen molar-refractivity contribution in [1.29, 1.82) is 0 Å². The molecule has 0 aliphatic heterocycles. The summed E-state index contributed by atoms with van der Waals surface area (Å²) in [5.74, 6) is 0.824. The fourth-order valence-electron chi connectivity index (χ4n) is 1.93. The summed E-state index contributed by atoms with van der Waals surface area (Å²) in [6.45, 7) is 3.62. The van der Waals surface area contributed by atoms with E-state index in [1.807, 2.05) is 43.3 Å². The van der Waals surface area contributed by atoms with Gasteiger partial charge in [-0.05, 0) is 37.1 Å². The second-order valence-electron chi connectivity index (χ2n) is 4.89. The van der Waals surface area contributed by atoms with Crippen LogP contribution < -0.4 is 10.1 Å². The van der Waals surface area contributed by atoms with Gasteiger partial charge in [-0.2, -0.15) is 0 Å². The van der Waals surface area contributed by atoms with Gasteiger partial charge >= 0.3 is 0 Å². The number of thiophene rings is 1. The molecule has 2 aromatic rings. The Morgan fingerprint density at radius 3 is 2.81 bits per heavy atom. The molecule has 5 heteroatoms. The molecule has 114 valence electrons. The molecule has 0 saturated carbocycles. The lowest BCUT2D eigenvalue weighted by molar-refractivity contribution is 0.106. The van der Waals surface area contributed by atoms with Crippen LogP contribution in [-0.4, -0.2) is 30.9 Å². The zero-order chi connectivity index (χ0) is 15.1. The smallest absolute Gasteiger partial charge is 0.122 e. The normalized spacial score (nSPS) is 12.3. The van der Waals surface area contributed by atoms with Crippen molar-refractivity contribution in [2.45, 2.75) is 19.4 Å². The molecule has 2 N–H and O–H groups in total. The van der Waals surface area contributed by atoms with Gasteiger partial charge in [0.15, 0.2) is 0 Å². The van der Waals surface area contributed by atoms with E-state index in [2.05, 4.69) is 5.32 Å². The summed E-state index contributed by atoms with van der Waals surface area (Å²) in [6.07, 6.45) is 0.402. The molecule has 1 aromatic carbocycles. The van der Waals surface area contributed by atoms with Gasteiger partial charge in [0.05, 0.1) is 4.34 Å². The molecule has 0 amide bonds. The monoisotopic (exact) mass is 325 g/mol. The Labute approximate surface area is 134 Å². The number of benzene rings is 1. The Balaban J connectivity index is 1.61. The largest absolute Gasteiger partial charge is 0.491 e. The topological polar surface area (TPSA) is 41.5 Å². The lowest BCUT2D eigenvalue weighted by Gasteiger charge is -2.14. The Hall–Kier alpha value is -1.07. The second-order valence-corrected chi connectivity index (χ2v) is 6.69. The molecule has 0 saturated heterocycles. The third kappa shape index (κ3) is 5.67. The van der Waals surface area contributed by atoms with Crippen LogP contribution in [0.25, 0.3) is 0 Å². The van der Waals surface area contributed by atoms with Gasteiger partial charge in [0, 0.05) is 18.0 Å². The Morgan fingerprint density at radius 2 is 2.10 bits per heavy atom. The highest BCUT2D eigenvalue weighted by atomic mass is 35.5. The molecule has 0 bridgehead atoms. The minimum Gasteiger partial charge on any atom is -0.491 e. The van der Waals surface area contributed by atoms with E-state index < -0.39 is 6.10 Å². The molecule has 1 aromatic heterocycles. The Morgan fingerprint density at radius 1 is 1.29 bits per heavy atom. The van der Waals surface area contributed by atoms with Crippen LogP contribution in [0, 0.1) is 6.92 Å². The molecule has 0 fully saturated rings. The number of aryl methyl sites for hydroxylation is 1. The van der Waals surface area contributed by atoms with Gasteiger partial charge in [-0.1, -0.05) is 29.8 Å². The first-order valence-electron chi connectivity index (χ1n) is 6.96. The van der Waals surface area contributed by atoms with Crippen molar-refractivity contribution >= 4 is 22.9 Å². The summed E-state index contributed by atoms with van der Waals surface area (Å²) in [7, 11) is 0. The van der Waals surface area contributed by atoms with E-state index in [9.17, 15) is 5.11 Å². The number of ether oxygens (including phenoxy) is 1. The first-order chi connectivity index (χ1) is 10.1. The van der Waals surface area contributed by atoms with Gasteiger partial charge in [0.2, 0.25) is 0 Å². The lowest BCUT2D eigenvalue weighted by atomic mass is 10.2. The van der Waals surface area contributed by atoms with Gasteiger partial charge in [-0.15, -0.1) is 11.3 Å². The van der Waals surface area contributed by atoms with Crippen LogP contribution in [0.4, 0.5) is 0 Å². The summed E-state index contributed by atoms with van der Waals surface area (Å²) < 4.78 is 6.43. The van der Waals surface area contributed by atoms with Crippen LogP contribution in [0.15, 0.2) is 36.4 Å². The van der Waals surface area contributed by atoms with Crippen LogP contribution in [0.3, 0.4) is 0 Å². The summed E-state index contributed by atoms with van der Waals surface area (Å²) in [5.41, 5.74) is 1.08. The number of nitrogens with one attached hydrogen (secondary N) is 1. The SMILES string of the molecule is Cc1ccccc1OCC(O)CNCCc1ccc(Cl)s1. The predicted octanol–water partition coefficient (Wildman–Crippen LogP) is 3.28. The Bertz CT molecular complexity index is 559. The van der Waals surface area contributed by atoms with E-state index in [1.165, 1.54) is 4.88 Å². The van der Waals surface area contributed by atoms with E-state index in [4.69, 9.17) is 16.3 Å². The summed E-state index contributed by atoms with van der Waals surface area (Å²) in [5, 5.41) is 13.1. The van der Waals surface area contributed by atoms with Crippen molar-refractivity contribution in [3.05, 3.63) is 51.2 Å². The van der Waals surface area contributed by atoms with Gasteiger partial charge in [0.1, 0.15) is 18.5 Å². The van der Waals surface area contributed by atoms with Crippen molar-refractivity contribution in [1.82, 2.24) is 5.32 Å². The lowest BCUT2D eigenvalue weighted by Crippen LogP contribution is -2.32. The summed E-state index contributed by atoms with van der Waals surface area (Å²) in [4.78, 5) is 1.25. The zero-order valence-corrected chi connectivity index (χ0v) is 13.6. The second kappa shape index (κ2) is 8.39. The van der Waals surface area contributed by atoms with Crippen LogP contribution in [0.5, 0.6) is 5.75 Å². The highest BCUT2D eigenvalue weighted by Crippen LogP contribution is 2.21. The molecule has 1 atom stereocenters. The molecule has 0 spiro atoms. The predicted molar refractivity (Wildman–Crippen MR) is 88.6 cm³/mol. The molecule has 21 heavy (non-hydrogen) atoms. The van der Waals surface area contributed by atoms with Crippen LogP contribution in [0.2, 0.25) is 4.34 Å². The van der Waals surface area contributed by atoms with Gasteiger partial charge < -0.3 is 15.2 Å². The maximum Gasteiger partial charge on any atom is 0.122 e. The molecule has 1 heterocycles. The molecule has 3 nitrogen and oxygen atoms in total. The molecule has 2 rings (SSSR count). The first kappa shape index (κ1) is 16.3. The highest BCUT2D eigenvalue weighted by molar-refractivity contribution is 7.16. The molecule has 0 aliphatic rings. The third-order valence-corrected chi connectivity index (χ3v) is 4.37. The first-order valence-corrected chi connectivity index (χ1v) is 8.16. The van der Waals surface area contributed by atoms with Crippen molar-refractivity contribution in [2.75, 3.05) is 19.7 Å². The number of aliphatic hydroxyl groups excluding tert-OH is 1. The van der Waals surface area contributed by atoms with Crippen LogP contribution >= 0.6 is 22.9 Å². The van der Waals surface area contributed by atoms with E-state index in [-0.39, 0.29) is 0 Å². The number of hydrogen-bond acceptors (Lipinski definition) is 4. The highest BCUT2D eigenvalue weighted by Gasteiger charge is 2.06. The number of hydrogen-bond donors (Lipinski definition) is 2. The minimum absolute atomic E-state index is 0.294. The minimum atomic E-state index is -0.517. The van der Waals surface area contributed by atoms with Crippen molar-refractivity contribution in [2.24, 2.45) is 0 Å². The number of halogens is 1. The summed E-state index contributed by atoms with van der Waals surface area (Å²) in [6, 6.07) is 11.7. The third-order valence-electron chi connectivity index (χ3n) is 3.08. The fourth-order valence-corrected chi connectivity index (χ4v) is 3.02. The van der Waals surface area contributed by atoms with Gasteiger partial charge in [0.25, 0.3) is 0 Å². The van der Waals surface area contributed by atoms with Crippen molar-refractivity contribution in [3.8, 4) is 5.75 Å². The number of rotatable bonds is 8. The maximum atomic E-state index is 9.90. The zero-order valence-electron chi connectivity index (χ0n) is 12.0. The van der Waals surface area contributed by atoms with Crippen LogP contribution in [-0.2, 0) is 6.42 Å². The average molecular weight is 326 g/mol.